The summed E-state index contributed by atoms with van der Waals surface area (Å²) in [4.78, 5) is 10.9. The monoisotopic (exact) mass is 371 g/mol. The molecule has 4 rings (SSSR count). The highest BCUT2D eigenvalue weighted by Crippen LogP contribution is 2.18. The zero-order valence-corrected chi connectivity index (χ0v) is 15.4. The van der Waals surface area contributed by atoms with Gasteiger partial charge in [-0.05, 0) is 30.7 Å². The Bertz CT molecular complexity index is 1010. The Morgan fingerprint density at radius 1 is 1.08 bits per heavy atom. The van der Waals surface area contributed by atoms with Crippen LogP contribution in [0.2, 0.25) is 0 Å². The fraction of sp³-hybridized carbons (Fsp3) is 0.333. The first-order valence-corrected chi connectivity index (χ1v) is 10.0. The second kappa shape index (κ2) is 6.79. The van der Waals surface area contributed by atoms with E-state index in [2.05, 4.69) is 32.4 Å². The number of rotatable bonds is 4. The molecule has 0 unspecified atom stereocenters. The Morgan fingerprint density at radius 3 is 2.62 bits per heavy atom. The van der Waals surface area contributed by atoms with Crippen molar-refractivity contribution in [3.63, 3.8) is 0 Å². The van der Waals surface area contributed by atoms with Gasteiger partial charge >= 0.3 is 0 Å². The SMILES string of the molecule is Cc1ccc2ncc(CN3CCN(S(=O)(=O)c4cccnc4)CC3)n2c1. The van der Waals surface area contributed by atoms with Gasteiger partial charge in [0, 0.05) is 51.3 Å². The summed E-state index contributed by atoms with van der Waals surface area (Å²) in [5.41, 5.74) is 3.24. The number of aryl methyl sites for hydroxylation is 1. The van der Waals surface area contributed by atoms with Gasteiger partial charge in [-0.1, -0.05) is 6.07 Å². The first-order valence-electron chi connectivity index (χ1n) is 8.59. The second-order valence-corrected chi connectivity index (χ2v) is 8.49. The molecule has 136 valence electrons. The lowest BCUT2D eigenvalue weighted by molar-refractivity contribution is 0.179. The highest BCUT2D eigenvalue weighted by Gasteiger charge is 2.28. The largest absolute Gasteiger partial charge is 0.303 e. The van der Waals surface area contributed by atoms with E-state index in [1.807, 2.05) is 18.3 Å². The summed E-state index contributed by atoms with van der Waals surface area (Å²) in [6.45, 7) is 5.16. The fourth-order valence-electron chi connectivity index (χ4n) is 3.26. The molecule has 0 spiro atoms. The van der Waals surface area contributed by atoms with Crippen LogP contribution in [0, 0.1) is 6.92 Å². The zero-order valence-electron chi connectivity index (χ0n) is 14.6. The third kappa shape index (κ3) is 3.23. The van der Waals surface area contributed by atoms with Crippen LogP contribution in [0.25, 0.3) is 5.65 Å². The normalized spacial score (nSPS) is 17.0. The predicted octanol–water partition coefficient (Wildman–Crippen LogP) is 1.54. The Morgan fingerprint density at radius 2 is 1.88 bits per heavy atom. The summed E-state index contributed by atoms with van der Waals surface area (Å²) in [7, 11) is -3.46. The summed E-state index contributed by atoms with van der Waals surface area (Å²) in [5.74, 6) is 0. The highest BCUT2D eigenvalue weighted by atomic mass is 32.2. The molecule has 1 saturated heterocycles. The van der Waals surface area contributed by atoms with Gasteiger partial charge in [-0.25, -0.2) is 13.4 Å². The van der Waals surface area contributed by atoms with Crippen LogP contribution in [0.3, 0.4) is 0 Å². The van der Waals surface area contributed by atoms with Crippen LogP contribution in [-0.2, 0) is 16.6 Å². The highest BCUT2D eigenvalue weighted by molar-refractivity contribution is 7.89. The fourth-order valence-corrected chi connectivity index (χ4v) is 4.65. The van der Waals surface area contributed by atoms with Crippen molar-refractivity contribution in [2.75, 3.05) is 26.2 Å². The van der Waals surface area contributed by atoms with Gasteiger partial charge in [-0.3, -0.25) is 9.88 Å². The van der Waals surface area contributed by atoms with Crippen molar-refractivity contribution in [2.45, 2.75) is 18.4 Å². The number of pyridine rings is 2. The van der Waals surface area contributed by atoms with Crippen molar-refractivity contribution >= 4 is 15.7 Å². The molecule has 3 aromatic rings. The lowest BCUT2D eigenvalue weighted by Gasteiger charge is -2.33. The van der Waals surface area contributed by atoms with Crippen LogP contribution in [0.5, 0.6) is 0 Å². The number of nitrogens with zero attached hydrogens (tertiary/aromatic N) is 5. The summed E-state index contributed by atoms with van der Waals surface area (Å²) < 4.78 is 29.0. The summed E-state index contributed by atoms with van der Waals surface area (Å²) in [5, 5.41) is 0. The van der Waals surface area contributed by atoms with Gasteiger partial charge in [0.25, 0.3) is 0 Å². The minimum Gasteiger partial charge on any atom is -0.303 e. The van der Waals surface area contributed by atoms with Crippen LogP contribution in [0.15, 0.2) is 53.9 Å². The number of hydrogen-bond donors (Lipinski definition) is 0. The summed E-state index contributed by atoms with van der Waals surface area (Å²) in [6, 6.07) is 7.30. The van der Waals surface area contributed by atoms with Crippen molar-refractivity contribution < 1.29 is 8.42 Å². The van der Waals surface area contributed by atoms with Crippen molar-refractivity contribution in [3.05, 3.63) is 60.3 Å². The molecular formula is C18H21N5O2S. The molecule has 0 bridgehead atoms. The molecule has 1 aliphatic heterocycles. The Hall–Kier alpha value is -2.29. The predicted molar refractivity (Wildman–Crippen MR) is 98.2 cm³/mol. The van der Waals surface area contributed by atoms with Crippen molar-refractivity contribution in [1.82, 2.24) is 23.6 Å². The van der Waals surface area contributed by atoms with E-state index in [0.29, 0.717) is 26.2 Å². The van der Waals surface area contributed by atoms with E-state index in [0.717, 1.165) is 17.9 Å². The molecule has 0 atom stereocenters. The molecule has 4 heterocycles. The van der Waals surface area contributed by atoms with Gasteiger partial charge < -0.3 is 4.40 Å². The smallest absolute Gasteiger partial charge is 0.244 e. The van der Waals surface area contributed by atoms with Gasteiger partial charge in [0.05, 0.1) is 11.9 Å². The molecule has 0 aromatic carbocycles. The van der Waals surface area contributed by atoms with E-state index in [9.17, 15) is 8.42 Å². The van der Waals surface area contributed by atoms with E-state index in [-0.39, 0.29) is 4.90 Å². The van der Waals surface area contributed by atoms with E-state index < -0.39 is 10.0 Å². The standard InChI is InChI=1S/C18H21N5O2S/c1-15-4-5-18-20-11-16(23(18)13-15)14-21-7-9-22(10-8-21)26(24,25)17-3-2-6-19-12-17/h2-6,11-13H,7-10,14H2,1H3. The van der Waals surface area contributed by atoms with Crippen LogP contribution < -0.4 is 0 Å². The second-order valence-electron chi connectivity index (χ2n) is 6.55. The molecule has 26 heavy (non-hydrogen) atoms. The quantitative estimate of drug-likeness (QED) is 0.696. The van der Waals surface area contributed by atoms with E-state index in [1.165, 1.54) is 11.8 Å². The molecule has 7 nitrogen and oxygen atoms in total. The number of aromatic nitrogens is 3. The number of piperazine rings is 1. The Labute approximate surface area is 153 Å². The minimum absolute atomic E-state index is 0.255. The van der Waals surface area contributed by atoms with Gasteiger partial charge in [0.1, 0.15) is 10.5 Å². The number of fused-ring (bicyclic) bond motifs is 1. The third-order valence-electron chi connectivity index (χ3n) is 4.72. The molecule has 8 heteroatoms. The lowest BCUT2D eigenvalue weighted by atomic mass is 10.3. The van der Waals surface area contributed by atoms with E-state index in [4.69, 9.17) is 0 Å². The van der Waals surface area contributed by atoms with Gasteiger partial charge in [-0.2, -0.15) is 4.31 Å². The van der Waals surface area contributed by atoms with Crippen LogP contribution >= 0.6 is 0 Å². The molecule has 0 amide bonds. The zero-order chi connectivity index (χ0) is 18.1. The van der Waals surface area contributed by atoms with Crippen LogP contribution in [0.4, 0.5) is 0 Å². The first-order chi connectivity index (χ1) is 12.5. The molecule has 1 aliphatic rings. The van der Waals surface area contributed by atoms with Gasteiger partial charge in [0.15, 0.2) is 0 Å². The average molecular weight is 371 g/mol. The maximum Gasteiger partial charge on any atom is 0.244 e. The van der Waals surface area contributed by atoms with Gasteiger partial charge in [-0.15, -0.1) is 0 Å². The number of hydrogen-bond acceptors (Lipinski definition) is 5. The summed E-state index contributed by atoms with van der Waals surface area (Å²) >= 11 is 0. The third-order valence-corrected chi connectivity index (χ3v) is 6.60. The maximum atomic E-state index is 12.7. The van der Waals surface area contributed by atoms with Crippen LogP contribution in [-0.4, -0.2) is 58.2 Å². The molecule has 0 radical (unpaired) electrons. The molecule has 0 aliphatic carbocycles. The van der Waals surface area contributed by atoms with E-state index >= 15 is 0 Å². The van der Waals surface area contributed by atoms with E-state index in [1.54, 1.807) is 22.6 Å². The molecular weight excluding hydrogens is 350 g/mol. The van der Waals surface area contributed by atoms with Crippen LogP contribution in [0.1, 0.15) is 11.3 Å². The van der Waals surface area contributed by atoms with Crippen molar-refractivity contribution in [2.24, 2.45) is 0 Å². The average Bonchev–Trinajstić information content (AvgIpc) is 3.05. The lowest BCUT2D eigenvalue weighted by Crippen LogP contribution is -2.48. The number of imidazole rings is 1. The molecule has 1 fully saturated rings. The minimum atomic E-state index is -3.46. The van der Waals surface area contributed by atoms with Gasteiger partial charge in [0.2, 0.25) is 10.0 Å². The van der Waals surface area contributed by atoms with Crippen molar-refractivity contribution in [1.29, 1.82) is 0 Å². The molecule has 3 aromatic heterocycles. The summed E-state index contributed by atoms with van der Waals surface area (Å²) in [6.07, 6.45) is 6.96. The molecule has 0 N–H and O–H groups in total. The Kier molecular flexibility index (Phi) is 4.47. The first kappa shape index (κ1) is 17.1. The maximum absolute atomic E-state index is 12.7. The Balaban J connectivity index is 1.44. The van der Waals surface area contributed by atoms with Crippen molar-refractivity contribution in [3.8, 4) is 0 Å². The number of sulfonamides is 1. The topological polar surface area (TPSA) is 70.8 Å². The molecule has 0 saturated carbocycles.